The van der Waals surface area contributed by atoms with Gasteiger partial charge in [0.2, 0.25) is 0 Å². The number of carbonyl (C=O) groups is 2. The van der Waals surface area contributed by atoms with Crippen molar-refractivity contribution in [1.29, 1.82) is 0 Å². The maximum absolute atomic E-state index is 12.4. The molecule has 4 rings (SSSR count). The van der Waals surface area contributed by atoms with Crippen LogP contribution in [-0.2, 0) is 0 Å². The second-order valence-corrected chi connectivity index (χ2v) is 12.2. The highest BCUT2D eigenvalue weighted by Gasteiger charge is 2.13. The van der Waals surface area contributed by atoms with Crippen LogP contribution >= 0.6 is 53.4 Å². The van der Waals surface area contributed by atoms with Crippen LogP contribution in [-0.4, -0.2) is 67.0 Å². The summed E-state index contributed by atoms with van der Waals surface area (Å²) in [7, 11) is 3.20. The van der Waals surface area contributed by atoms with Crippen LogP contribution in [0.4, 0.5) is 0 Å². The summed E-state index contributed by atoms with van der Waals surface area (Å²) in [6, 6.07) is 13.3. The maximum atomic E-state index is 12.4. The number of amides is 2. The summed E-state index contributed by atoms with van der Waals surface area (Å²) in [5, 5.41) is 38.7. The van der Waals surface area contributed by atoms with E-state index in [0.717, 1.165) is 11.1 Å². The van der Waals surface area contributed by atoms with E-state index in [9.17, 15) is 19.8 Å². The quantitative estimate of drug-likeness (QED) is 0.0960. The lowest BCUT2D eigenvalue weighted by atomic mass is 10.1. The van der Waals surface area contributed by atoms with Crippen molar-refractivity contribution in [3.8, 4) is 34.0 Å². The Labute approximate surface area is 242 Å². The zero-order chi connectivity index (χ0) is 27.1. The fraction of sp³-hybridized carbons (Fsp3) is 0.167. The fourth-order valence-corrected chi connectivity index (χ4v) is 5.80. The van der Waals surface area contributed by atoms with Crippen molar-refractivity contribution < 1.29 is 19.8 Å². The van der Waals surface area contributed by atoms with Gasteiger partial charge in [0, 0.05) is 35.7 Å². The van der Waals surface area contributed by atoms with E-state index in [0.29, 0.717) is 56.3 Å². The van der Waals surface area contributed by atoms with Crippen LogP contribution in [0.25, 0.3) is 22.5 Å². The molecule has 2 heterocycles. The molecule has 0 radical (unpaired) electrons. The summed E-state index contributed by atoms with van der Waals surface area (Å²) in [4.78, 5) is 24.7. The van der Waals surface area contributed by atoms with Gasteiger partial charge in [-0.25, -0.2) is 0 Å². The number of hydrogen-bond acceptors (Lipinski definition) is 8. The molecule has 2 amide bonds. The summed E-state index contributed by atoms with van der Waals surface area (Å²) in [6.45, 7) is 0.957. The Kier molecular flexibility index (Phi) is 9.77. The van der Waals surface area contributed by atoms with Crippen molar-refractivity contribution in [1.82, 2.24) is 31.0 Å². The first-order chi connectivity index (χ1) is 18.3. The molecule has 0 aliphatic heterocycles. The number of phenols is 2. The van der Waals surface area contributed by atoms with Crippen molar-refractivity contribution in [2.24, 2.45) is 0 Å². The third-order valence-electron chi connectivity index (χ3n) is 5.16. The molecule has 6 N–H and O–H groups in total. The Hall–Kier alpha value is -2.94. The highest BCUT2D eigenvalue weighted by Crippen LogP contribution is 2.30. The van der Waals surface area contributed by atoms with E-state index >= 15 is 0 Å². The number of aromatic hydroxyl groups is 2. The molecule has 0 unspecified atom stereocenters. The molecule has 2 aromatic heterocycles. The standard InChI is InChI=1S/C24H22Br2N6O4S2/c25-15-9-13(1-3-21(15)33)17-11-19(31-29-17)23(35)27-5-7-37-38-8-6-28-24(36)20-12-18(30-32-20)14-2-4-22(34)16(26)10-14/h1-4,9-12,33-34H,5-8H2,(H,27,35)(H,28,36)(H,29,31)(H,30,32). The van der Waals surface area contributed by atoms with Gasteiger partial charge in [0.1, 0.15) is 22.9 Å². The Balaban J connectivity index is 1.11. The number of benzene rings is 2. The van der Waals surface area contributed by atoms with Crippen molar-refractivity contribution in [2.45, 2.75) is 0 Å². The molecule has 0 saturated heterocycles. The van der Waals surface area contributed by atoms with Gasteiger partial charge in [0.25, 0.3) is 11.8 Å². The topological polar surface area (TPSA) is 156 Å². The van der Waals surface area contributed by atoms with Gasteiger partial charge in [-0.1, -0.05) is 21.6 Å². The van der Waals surface area contributed by atoms with Gasteiger partial charge in [-0.3, -0.25) is 19.8 Å². The third-order valence-corrected chi connectivity index (χ3v) is 8.84. The van der Waals surface area contributed by atoms with E-state index in [1.54, 1.807) is 70.1 Å². The first-order valence-corrected chi connectivity index (χ1v) is 15.3. The van der Waals surface area contributed by atoms with Crippen LogP contribution in [0.5, 0.6) is 11.5 Å². The minimum absolute atomic E-state index is 0.132. The molecule has 0 atom stereocenters. The van der Waals surface area contributed by atoms with Crippen molar-refractivity contribution in [3.05, 3.63) is 68.9 Å². The predicted octanol–water partition coefficient (Wildman–Crippen LogP) is 4.94. The number of carbonyl (C=O) groups excluding carboxylic acids is 2. The average molecular weight is 682 g/mol. The van der Waals surface area contributed by atoms with Crippen LogP contribution in [0.1, 0.15) is 21.0 Å². The third kappa shape index (κ3) is 7.34. The Morgan fingerprint density at radius 3 is 1.55 bits per heavy atom. The molecule has 198 valence electrons. The molecular weight excluding hydrogens is 660 g/mol. The largest absolute Gasteiger partial charge is 0.507 e. The van der Waals surface area contributed by atoms with Crippen LogP contribution in [0.3, 0.4) is 0 Å². The Bertz CT molecular complexity index is 1340. The van der Waals surface area contributed by atoms with Gasteiger partial charge in [0.05, 0.1) is 20.3 Å². The monoisotopic (exact) mass is 680 g/mol. The Morgan fingerprint density at radius 2 is 1.16 bits per heavy atom. The second kappa shape index (κ2) is 13.2. The summed E-state index contributed by atoms with van der Waals surface area (Å²) >= 11 is 6.54. The lowest BCUT2D eigenvalue weighted by Gasteiger charge is -2.04. The number of H-pyrrole nitrogens is 2. The number of aromatic amines is 2. The van der Waals surface area contributed by atoms with Gasteiger partial charge in [0.15, 0.2) is 0 Å². The van der Waals surface area contributed by atoms with E-state index in [4.69, 9.17) is 0 Å². The van der Waals surface area contributed by atoms with Crippen molar-refractivity contribution in [2.75, 3.05) is 24.6 Å². The second-order valence-electron chi connectivity index (χ2n) is 7.82. The molecule has 14 heteroatoms. The van der Waals surface area contributed by atoms with Gasteiger partial charge < -0.3 is 20.8 Å². The zero-order valence-electron chi connectivity index (χ0n) is 19.6. The number of nitrogens with one attached hydrogen (secondary N) is 4. The van der Waals surface area contributed by atoms with Gasteiger partial charge in [-0.05, 0) is 80.4 Å². The fourth-order valence-electron chi connectivity index (χ4n) is 3.23. The van der Waals surface area contributed by atoms with E-state index in [1.165, 1.54) is 0 Å². The molecule has 0 bridgehead atoms. The number of nitrogens with zero attached hydrogens (tertiary/aromatic N) is 2. The lowest BCUT2D eigenvalue weighted by molar-refractivity contribution is 0.0943. The number of halogens is 2. The van der Waals surface area contributed by atoms with Crippen LogP contribution < -0.4 is 10.6 Å². The zero-order valence-corrected chi connectivity index (χ0v) is 24.4. The molecule has 0 saturated carbocycles. The molecular formula is C24H22Br2N6O4S2. The predicted molar refractivity (Wildman–Crippen MR) is 156 cm³/mol. The normalized spacial score (nSPS) is 10.9. The highest BCUT2D eigenvalue weighted by atomic mass is 79.9. The number of aromatic nitrogens is 4. The SMILES string of the molecule is O=C(NCCSSCCNC(=O)c1cc(-c2ccc(O)c(Br)c2)n[nH]1)c1cc(-c2ccc(O)c(Br)c2)n[nH]1. The maximum Gasteiger partial charge on any atom is 0.269 e. The van der Waals surface area contributed by atoms with Gasteiger partial charge >= 0.3 is 0 Å². The first kappa shape index (κ1) is 28.1. The van der Waals surface area contributed by atoms with Crippen LogP contribution in [0.15, 0.2) is 57.5 Å². The molecule has 0 aliphatic rings. The molecule has 2 aromatic carbocycles. The summed E-state index contributed by atoms with van der Waals surface area (Å²) in [6.07, 6.45) is 0. The van der Waals surface area contributed by atoms with E-state index in [1.807, 2.05) is 0 Å². The van der Waals surface area contributed by atoms with Gasteiger partial charge in [-0.15, -0.1) is 0 Å². The average Bonchev–Trinajstić information content (AvgIpc) is 3.59. The van der Waals surface area contributed by atoms with Crippen LogP contribution in [0, 0.1) is 0 Å². The van der Waals surface area contributed by atoms with Crippen LogP contribution in [0.2, 0.25) is 0 Å². The smallest absolute Gasteiger partial charge is 0.269 e. The molecule has 0 aliphatic carbocycles. The highest BCUT2D eigenvalue weighted by molar-refractivity contribution is 9.11. The van der Waals surface area contributed by atoms with Crippen molar-refractivity contribution in [3.63, 3.8) is 0 Å². The minimum atomic E-state index is -0.252. The van der Waals surface area contributed by atoms with E-state index in [-0.39, 0.29) is 23.3 Å². The van der Waals surface area contributed by atoms with E-state index in [2.05, 4.69) is 62.9 Å². The molecule has 0 fully saturated rings. The summed E-state index contributed by atoms with van der Waals surface area (Å²) < 4.78 is 1.10. The summed E-state index contributed by atoms with van der Waals surface area (Å²) in [5.41, 5.74) is 3.43. The number of rotatable bonds is 11. The first-order valence-electron chi connectivity index (χ1n) is 11.2. The Morgan fingerprint density at radius 1 is 0.737 bits per heavy atom. The molecule has 10 nitrogen and oxygen atoms in total. The number of hydrogen-bond donors (Lipinski definition) is 6. The lowest BCUT2D eigenvalue weighted by Crippen LogP contribution is -2.26. The number of phenolic OH excluding ortho intramolecular Hbond substituents is 2. The molecule has 38 heavy (non-hydrogen) atoms. The van der Waals surface area contributed by atoms with Crippen molar-refractivity contribution >= 4 is 65.3 Å². The minimum Gasteiger partial charge on any atom is -0.507 e. The van der Waals surface area contributed by atoms with E-state index < -0.39 is 0 Å². The molecule has 4 aromatic rings. The summed E-state index contributed by atoms with van der Waals surface area (Å²) in [5.74, 6) is 1.15. The van der Waals surface area contributed by atoms with Gasteiger partial charge in [-0.2, -0.15) is 10.2 Å². The molecule has 0 spiro atoms.